The minimum atomic E-state index is -0.509. The molecule has 0 saturated carbocycles. The molecule has 0 bridgehead atoms. The van der Waals surface area contributed by atoms with Crippen molar-refractivity contribution in [3.63, 3.8) is 0 Å². The highest BCUT2D eigenvalue weighted by atomic mass is 79.9. The van der Waals surface area contributed by atoms with Gasteiger partial charge in [-0.3, -0.25) is 15.5 Å². The maximum atomic E-state index is 10.7. The average Bonchev–Trinajstić information content (AvgIpc) is 2.74. The molecule has 2 aromatic carbocycles. The molecule has 1 heterocycles. The molecule has 0 atom stereocenters. The third kappa shape index (κ3) is 5.52. The Kier molecular flexibility index (Phi) is 6.75. The summed E-state index contributed by atoms with van der Waals surface area (Å²) < 4.78 is 12.1. The first-order chi connectivity index (χ1) is 14.1. The van der Waals surface area contributed by atoms with Crippen LogP contribution in [0.2, 0.25) is 0 Å². The SMILES string of the molecule is COc1cc(/C=N/Nc2ccc([N+](=O)[O-])cn2)c(Br)cc1OCc1ccccc1. The Balaban J connectivity index is 1.69. The summed E-state index contributed by atoms with van der Waals surface area (Å²) in [6, 6.07) is 16.3. The van der Waals surface area contributed by atoms with E-state index in [4.69, 9.17) is 9.47 Å². The summed E-state index contributed by atoms with van der Waals surface area (Å²) in [6.07, 6.45) is 2.74. The average molecular weight is 457 g/mol. The van der Waals surface area contributed by atoms with E-state index < -0.39 is 4.92 Å². The molecule has 0 aliphatic carbocycles. The summed E-state index contributed by atoms with van der Waals surface area (Å²) >= 11 is 3.50. The molecule has 0 radical (unpaired) electrons. The molecule has 1 N–H and O–H groups in total. The van der Waals surface area contributed by atoms with Crippen LogP contribution >= 0.6 is 15.9 Å². The summed E-state index contributed by atoms with van der Waals surface area (Å²) in [7, 11) is 1.57. The number of pyridine rings is 1. The molecule has 29 heavy (non-hydrogen) atoms. The van der Waals surface area contributed by atoms with E-state index >= 15 is 0 Å². The third-order valence-electron chi connectivity index (χ3n) is 3.86. The quantitative estimate of drug-likeness (QED) is 0.297. The van der Waals surface area contributed by atoms with Gasteiger partial charge in [-0.05, 0) is 39.7 Å². The molecule has 8 nitrogen and oxygen atoms in total. The van der Waals surface area contributed by atoms with Gasteiger partial charge >= 0.3 is 0 Å². The van der Waals surface area contributed by atoms with Gasteiger partial charge in [0.25, 0.3) is 5.69 Å². The Labute approximate surface area is 175 Å². The number of nitro groups is 1. The number of halogens is 1. The van der Waals surface area contributed by atoms with Gasteiger partial charge in [0.1, 0.15) is 18.6 Å². The van der Waals surface area contributed by atoms with Crippen LogP contribution in [0, 0.1) is 10.1 Å². The van der Waals surface area contributed by atoms with E-state index in [0.717, 1.165) is 21.8 Å². The molecular weight excluding hydrogens is 440 g/mol. The second kappa shape index (κ2) is 9.65. The number of hydrogen-bond acceptors (Lipinski definition) is 7. The molecule has 0 fully saturated rings. The molecule has 0 unspecified atom stereocenters. The van der Waals surface area contributed by atoms with Crippen LogP contribution in [0.5, 0.6) is 11.5 Å². The van der Waals surface area contributed by atoms with Gasteiger partial charge in [0.2, 0.25) is 0 Å². The second-order valence-corrected chi connectivity index (χ2v) is 6.68. The first kappa shape index (κ1) is 20.3. The number of nitrogens with one attached hydrogen (secondary N) is 1. The molecule has 0 spiro atoms. The lowest BCUT2D eigenvalue weighted by Crippen LogP contribution is -1.99. The Hall–Kier alpha value is -3.46. The molecule has 0 aliphatic rings. The fourth-order valence-corrected chi connectivity index (χ4v) is 2.81. The van der Waals surface area contributed by atoms with E-state index in [1.165, 1.54) is 12.1 Å². The Bertz CT molecular complexity index is 1010. The van der Waals surface area contributed by atoms with Crippen LogP contribution in [0.3, 0.4) is 0 Å². The van der Waals surface area contributed by atoms with Gasteiger partial charge in [-0.15, -0.1) is 0 Å². The molecule has 0 saturated heterocycles. The normalized spacial score (nSPS) is 10.7. The van der Waals surface area contributed by atoms with Gasteiger partial charge < -0.3 is 9.47 Å². The Morgan fingerprint density at radius 3 is 2.66 bits per heavy atom. The van der Waals surface area contributed by atoms with E-state index in [0.29, 0.717) is 23.9 Å². The van der Waals surface area contributed by atoms with Crippen LogP contribution in [0.15, 0.2) is 70.4 Å². The predicted octanol–water partition coefficient (Wildman–Crippen LogP) is 4.79. The number of anilines is 1. The first-order valence-electron chi connectivity index (χ1n) is 8.50. The lowest BCUT2D eigenvalue weighted by molar-refractivity contribution is -0.385. The third-order valence-corrected chi connectivity index (χ3v) is 4.55. The van der Waals surface area contributed by atoms with Crippen molar-refractivity contribution >= 4 is 33.6 Å². The molecule has 0 aliphatic heterocycles. The molecule has 3 aromatic rings. The van der Waals surface area contributed by atoms with Gasteiger partial charge in [-0.25, -0.2) is 4.98 Å². The first-order valence-corrected chi connectivity index (χ1v) is 9.30. The van der Waals surface area contributed by atoms with Crippen LogP contribution in [-0.4, -0.2) is 23.2 Å². The maximum Gasteiger partial charge on any atom is 0.287 e. The smallest absolute Gasteiger partial charge is 0.287 e. The highest BCUT2D eigenvalue weighted by molar-refractivity contribution is 9.10. The number of rotatable bonds is 8. The summed E-state index contributed by atoms with van der Waals surface area (Å²) in [6.45, 7) is 0.421. The molecule has 148 valence electrons. The van der Waals surface area contributed by atoms with Crippen molar-refractivity contribution in [2.75, 3.05) is 12.5 Å². The summed E-state index contributed by atoms with van der Waals surface area (Å²) in [5.74, 6) is 1.56. The molecule has 9 heteroatoms. The molecular formula is C20H17BrN4O4. The van der Waals surface area contributed by atoms with Crippen LogP contribution in [0.1, 0.15) is 11.1 Å². The zero-order valence-corrected chi connectivity index (χ0v) is 17.0. The number of hydrogen-bond donors (Lipinski definition) is 1. The second-order valence-electron chi connectivity index (χ2n) is 5.83. The fourth-order valence-electron chi connectivity index (χ4n) is 2.39. The fraction of sp³-hybridized carbons (Fsp3) is 0.100. The van der Waals surface area contributed by atoms with Crippen LogP contribution < -0.4 is 14.9 Å². The maximum absolute atomic E-state index is 10.7. The van der Waals surface area contributed by atoms with Gasteiger partial charge in [0.15, 0.2) is 11.5 Å². The van der Waals surface area contributed by atoms with Crippen molar-refractivity contribution in [2.24, 2.45) is 5.10 Å². The van der Waals surface area contributed by atoms with E-state index in [1.807, 2.05) is 36.4 Å². The van der Waals surface area contributed by atoms with Gasteiger partial charge in [0, 0.05) is 16.1 Å². The summed E-state index contributed by atoms with van der Waals surface area (Å²) in [5.41, 5.74) is 4.45. The van der Waals surface area contributed by atoms with Crippen molar-refractivity contribution in [1.29, 1.82) is 0 Å². The van der Waals surface area contributed by atoms with Crippen molar-refractivity contribution in [3.8, 4) is 11.5 Å². The van der Waals surface area contributed by atoms with Crippen LogP contribution in [0.25, 0.3) is 0 Å². The predicted molar refractivity (Wildman–Crippen MR) is 114 cm³/mol. The summed E-state index contributed by atoms with van der Waals surface area (Å²) in [4.78, 5) is 14.1. The molecule has 0 amide bonds. The number of benzene rings is 2. The van der Waals surface area contributed by atoms with Gasteiger partial charge in [-0.2, -0.15) is 5.10 Å². The van der Waals surface area contributed by atoms with Crippen molar-refractivity contribution < 1.29 is 14.4 Å². The van der Waals surface area contributed by atoms with Crippen molar-refractivity contribution in [1.82, 2.24) is 4.98 Å². The van der Waals surface area contributed by atoms with Crippen LogP contribution in [0.4, 0.5) is 11.5 Å². The van der Waals surface area contributed by atoms with Crippen molar-refractivity contribution in [3.05, 3.63) is 86.5 Å². The molecule has 3 rings (SSSR count). The number of methoxy groups -OCH3 is 1. The molecule has 1 aromatic heterocycles. The minimum Gasteiger partial charge on any atom is -0.493 e. The van der Waals surface area contributed by atoms with E-state index in [9.17, 15) is 10.1 Å². The standard InChI is InChI=1S/C20H17BrN4O4/c1-28-18-9-15(11-23-24-20-8-7-16(12-22-20)25(26)27)17(21)10-19(18)29-13-14-5-3-2-4-6-14/h2-12H,13H2,1H3,(H,22,24)/b23-11+. The van der Waals surface area contributed by atoms with E-state index in [2.05, 4.69) is 31.4 Å². The zero-order chi connectivity index (χ0) is 20.6. The van der Waals surface area contributed by atoms with Crippen LogP contribution in [-0.2, 0) is 6.61 Å². The lowest BCUT2D eigenvalue weighted by Gasteiger charge is -2.12. The summed E-state index contributed by atoms with van der Waals surface area (Å²) in [5, 5.41) is 14.8. The number of aromatic nitrogens is 1. The highest BCUT2D eigenvalue weighted by Crippen LogP contribution is 2.33. The number of nitrogens with zero attached hydrogens (tertiary/aromatic N) is 3. The largest absolute Gasteiger partial charge is 0.493 e. The minimum absolute atomic E-state index is 0.0851. The van der Waals surface area contributed by atoms with Gasteiger partial charge in [0.05, 0.1) is 18.2 Å². The highest BCUT2D eigenvalue weighted by Gasteiger charge is 2.10. The number of ether oxygens (including phenoxy) is 2. The Morgan fingerprint density at radius 2 is 2.00 bits per heavy atom. The Morgan fingerprint density at radius 1 is 1.21 bits per heavy atom. The number of hydrazone groups is 1. The van der Waals surface area contributed by atoms with Gasteiger partial charge in [-0.1, -0.05) is 30.3 Å². The topological polar surface area (TPSA) is 98.9 Å². The zero-order valence-electron chi connectivity index (χ0n) is 15.4. The van der Waals surface area contributed by atoms with E-state index in [-0.39, 0.29) is 5.69 Å². The monoisotopic (exact) mass is 456 g/mol. The lowest BCUT2D eigenvalue weighted by atomic mass is 10.2. The van der Waals surface area contributed by atoms with E-state index in [1.54, 1.807) is 19.4 Å². The van der Waals surface area contributed by atoms with Crippen molar-refractivity contribution in [2.45, 2.75) is 6.61 Å².